The standard InChI is InChI=1S/C10H16F2N2S/c1-6(2)9(15)14(4)8(13-3)7-5-10(7,11)12/h6-7H,5H2,1-4H3. The maximum atomic E-state index is 12.9. The van der Waals surface area contributed by atoms with Gasteiger partial charge in [0.05, 0.1) is 10.9 Å². The molecule has 0 saturated heterocycles. The number of aliphatic imine (C=N–C) groups is 1. The molecule has 0 aromatic heterocycles. The Kier molecular flexibility index (Phi) is 3.43. The molecule has 1 fully saturated rings. The number of alkyl halides is 2. The molecule has 0 heterocycles. The molecular weight excluding hydrogens is 218 g/mol. The molecule has 5 heteroatoms. The minimum absolute atomic E-state index is 0.106. The second-order valence-corrected chi connectivity index (χ2v) is 4.57. The van der Waals surface area contributed by atoms with E-state index in [9.17, 15) is 8.78 Å². The summed E-state index contributed by atoms with van der Waals surface area (Å²) in [5, 5.41) is 0. The number of hydrogen-bond donors (Lipinski definition) is 0. The van der Waals surface area contributed by atoms with E-state index in [1.54, 1.807) is 11.9 Å². The third-order valence-electron chi connectivity index (χ3n) is 2.53. The molecule has 2 nitrogen and oxygen atoms in total. The Morgan fingerprint density at radius 2 is 2.00 bits per heavy atom. The fraction of sp³-hybridized carbons (Fsp3) is 0.800. The van der Waals surface area contributed by atoms with Gasteiger partial charge in [-0.2, -0.15) is 0 Å². The molecule has 1 atom stereocenters. The van der Waals surface area contributed by atoms with Crippen LogP contribution in [0.25, 0.3) is 0 Å². The average molecular weight is 234 g/mol. The smallest absolute Gasteiger partial charge is 0.259 e. The molecule has 0 spiro atoms. The number of halogens is 2. The lowest BCUT2D eigenvalue weighted by Crippen LogP contribution is -2.37. The lowest BCUT2D eigenvalue weighted by Gasteiger charge is -2.24. The van der Waals surface area contributed by atoms with Crippen molar-refractivity contribution in [2.75, 3.05) is 14.1 Å². The Morgan fingerprint density at radius 1 is 1.53 bits per heavy atom. The Labute approximate surface area is 94.4 Å². The second kappa shape index (κ2) is 4.12. The lowest BCUT2D eigenvalue weighted by molar-refractivity contribution is 0.109. The molecule has 1 aliphatic rings. The van der Waals surface area contributed by atoms with E-state index in [0.29, 0.717) is 10.8 Å². The normalized spacial score (nSPS) is 24.2. The molecule has 0 bridgehead atoms. The number of rotatable bonds is 2. The van der Waals surface area contributed by atoms with Gasteiger partial charge in [-0.1, -0.05) is 26.1 Å². The van der Waals surface area contributed by atoms with Crippen LogP contribution < -0.4 is 0 Å². The van der Waals surface area contributed by atoms with Crippen molar-refractivity contribution >= 4 is 23.0 Å². The van der Waals surface area contributed by atoms with Crippen LogP contribution in [0.5, 0.6) is 0 Å². The monoisotopic (exact) mass is 234 g/mol. The highest BCUT2D eigenvalue weighted by atomic mass is 32.1. The van der Waals surface area contributed by atoms with Crippen LogP contribution in [0.2, 0.25) is 0 Å². The molecular formula is C10H16F2N2S. The van der Waals surface area contributed by atoms with Crippen LogP contribution >= 0.6 is 12.2 Å². The van der Waals surface area contributed by atoms with E-state index in [2.05, 4.69) is 4.99 Å². The van der Waals surface area contributed by atoms with Gasteiger partial charge in [0, 0.05) is 26.4 Å². The Hall–Kier alpha value is -0.580. The maximum Gasteiger partial charge on any atom is 0.259 e. The van der Waals surface area contributed by atoms with Crippen LogP contribution in [0.3, 0.4) is 0 Å². The van der Waals surface area contributed by atoms with Gasteiger partial charge in [0.25, 0.3) is 5.92 Å². The highest BCUT2D eigenvalue weighted by Crippen LogP contribution is 2.49. The second-order valence-electron chi connectivity index (χ2n) is 4.15. The van der Waals surface area contributed by atoms with E-state index in [1.807, 2.05) is 13.8 Å². The fourth-order valence-electron chi connectivity index (χ4n) is 1.53. The summed E-state index contributed by atoms with van der Waals surface area (Å²) in [5.74, 6) is -2.77. The maximum absolute atomic E-state index is 12.9. The fourth-order valence-corrected chi connectivity index (χ4v) is 1.63. The summed E-state index contributed by atoms with van der Waals surface area (Å²) in [6, 6.07) is 0. The highest BCUT2D eigenvalue weighted by molar-refractivity contribution is 7.80. The van der Waals surface area contributed by atoms with Crippen LogP contribution in [0.15, 0.2) is 4.99 Å². The predicted octanol–water partition coefficient (Wildman–Crippen LogP) is 2.59. The quantitative estimate of drug-likeness (QED) is 0.414. The number of thiocarbonyl (C=S) groups is 1. The van der Waals surface area contributed by atoms with Gasteiger partial charge in [-0.25, -0.2) is 8.78 Å². The number of nitrogens with zero attached hydrogens (tertiary/aromatic N) is 2. The number of amidine groups is 1. The van der Waals surface area contributed by atoms with E-state index >= 15 is 0 Å². The molecule has 1 unspecified atom stereocenters. The Morgan fingerprint density at radius 3 is 2.27 bits per heavy atom. The van der Waals surface area contributed by atoms with Gasteiger partial charge in [0.15, 0.2) is 0 Å². The first-order chi connectivity index (χ1) is 6.81. The summed E-state index contributed by atoms with van der Waals surface area (Å²) in [5.41, 5.74) is 0. The van der Waals surface area contributed by atoms with Crippen molar-refractivity contribution in [1.82, 2.24) is 4.90 Å². The average Bonchev–Trinajstić information content (AvgIpc) is 2.74. The molecule has 0 radical (unpaired) electrons. The predicted molar refractivity (Wildman–Crippen MR) is 61.6 cm³/mol. The first kappa shape index (κ1) is 12.5. The van der Waals surface area contributed by atoms with Gasteiger partial charge in [-0.15, -0.1) is 0 Å². The lowest BCUT2D eigenvalue weighted by atomic mass is 10.2. The van der Waals surface area contributed by atoms with Crippen molar-refractivity contribution < 1.29 is 8.78 Å². The summed E-state index contributed by atoms with van der Waals surface area (Å²) in [7, 11) is 3.24. The third-order valence-corrected chi connectivity index (χ3v) is 3.28. The zero-order valence-electron chi connectivity index (χ0n) is 9.42. The van der Waals surface area contributed by atoms with Gasteiger partial charge < -0.3 is 4.90 Å². The first-order valence-electron chi connectivity index (χ1n) is 4.93. The van der Waals surface area contributed by atoms with Crippen LogP contribution in [0.4, 0.5) is 8.78 Å². The van der Waals surface area contributed by atoms with Crippen molar-refractivity contribution in [3.63, 3.8) is 0 Å². The summed E-state index contributed by atoms with van der Waals surface area (Å²) in [6.07, 6.45) is -0.106. The highest BCUT2D eigenvalue weighted by Gasteiger charge is 2.60. The van der Waals surface area contributed by atoms with Crippen LogP contribution in [0, 0.1) is 11.8 Å². The largest absolute Gasteiger partial charge is 0.327 e. The van der Waals surface area contributed by atoms with Gasteiger partial charge in [-0.3, -0.25) is 4.99 Å². The molecule has 1 rings (SSSR count). The molecule has 0 amide bonds. The van der Waals surface area contributed by atoms with E-state index in [-0.39, 0.29) is 12.3 Å². The van der Waals surface area contributed by atoms with Crippen molar-refractivity contribution in [2.45, 2.75) is 26.2 Å². The minimum Gasteiger partial charge on any atom is -0.327 e. The Bertz CT molecular complexity index is 300. The SMILES string of the molecule is CN=C(C1CC1(F)F)N(C)C(=S)C(C)C. The number of hydrogen-bond acceptors (Lipinski definition) is 2. The zero-order valence-corrected chi connectivity index (χ0v) is 10.2. The molecule has 15 heavy (non-hydrogen) atoms. The molecule has 1 aliphatic carbocycles. The van der Waals surface area contributed by atoms with E-state index in [4.69, 9.17) is 12.2 Å². The summed E-state index contributed by atoms with van der Waals surface area (Å²) >= 11 is 5.17. The van der Waals surface area contributed by atoms with Crippen LogP contribution in [-0.2, 0) is 0 Å². The van der Waals surface area contributed by atoms with Gasteiger partial charge in [-0.05, 0) is 0 Å². The van der Waals surface area contributed by atoms with E-state index < -0.39 is 11.8 Å². The van der Waals surface area contributed by atoms with Crippen molar-refractivity contribution in [2.24, 2.45) is 16.8 Å². The van der Waals surface area contributed by atoms with Crippen LogP contribution in [0.1, 0.15) is 20.3 Å². The minimum atomic E-state index is -2.59. The van der Waals surface area contributed by atoms with Gasteiger partial charge >= 0.3 is 0 Å². The first-order valence-corrected chi connectivity index (χ1v) is 5.34. The summed E-state index contributed by atoms with van der Waals surface area (Å²) in [4.78, 5) is 6.19. The van der Waals surface area contributed by atoms with E-state index in [0.717, 1.165) is 0 Å². The molecule has 0 N–H and O–H groups in total. The van der Waals surface area contributed by atoms with Crippen LogP contribution in [-0.4, -0.2) is 35.7 Å². The van der Waals surface area contributed by atoms with Crippen molar-refractivity contribution in [3.8, 4) is 0 Å². The van der Waals surface area contributed by atoms with Crippen molar-refractivity contribution in [3.05, 3.63) is 0 Å². The summed E-state index contributed by atoms with van der Waals surface area (Å²) < 4.78 is 25.8. The molecule has 86 valence electrons. The summed E-state index contributed by atoms with van der Waals surface area (Å²) in [6.45, 7) is 3.88. The molecule has 0 aromatic carbocycles. The molecule has 0 aliphatic heterocycles. The van der Waals surface area contributed by atoms with Gasteiger partial charge in [0.2, 0.25) is 0 Å². The van der Waals surface area contributed by atoms with Gasteiger partial charge in [0.1, 0.15) is 5.84 Å². The molecule has 0 aromatic rings. The topological polar surface area (TPSA) is 15.6 Å². The van der Waals surface area contributed by atoms with Crippen molar-refractivity contribution in [1.29, 1.82) is 0 Å². The zero-order chi connectivity index (χ0) is 11.8. The Balaban J connectivity index is 2.74. The van der Waals surface area contributed by atoms with E-state index in [1.165, 1.54) is 7.05 Å². The molecule has 1 saturated carbocycles. The third kappa shape index (κ3) is 2.51.